The van der Waals surface area contributed by atoms with Crippen LogP contribution >= 0.6 is 11.6 Å². The van der Waals surface area contributed by atoms with E-state index in [2.05, 4.69) is 16.4 Å². The first-order chi connectivity index (χ1) is 9.20. The van der Waals surface area contributed by atoms with Crippen molar-refractivity contribution in [3.05, 3.63) is 34.6 Å². The third-order valence-electron chi connectivity index (χ3n) is 3.24. The maximum atomic E-state index is 9.33. The summed E-state index contributed by atoms with van der Waals surface area (Å²) in [7, 11) is 0. The summed E-state index contributed by atoms with van der Waals surface area (Å²) in [5, 5.41) is 22.0. The van der Waals surface area contributed by atoms with E-state index in [1.54, 1.807) is 6.20 Å². The zero-order valence-electron chi connectivity index (χ0n) is 10.8. The van der Waals surface area contributed by atoms with Gasteiger partial charge >= 0.3 is 0 Å². The van der Waals surface area contributed by atoms with Gasteiger partial charge in [0, 0.05) is 12.7 Å². The van der Waals surface area contributed by atoms with Crippen molar-refractivity contribution in [3.8, 4) is 0 Å². The Labute approximate surface area is 118 Å². The second kappa shape index (κ2) is 7.01. The van der Waals surface area contributed by atoms with Gasteiger partial charge in [-0.1, -0.05) is 17.7 Å². The van der Waals surface area contributed by atoms with Crippen molar-refractivity contribution < 1.29 is 10.2 Å². The summed E-state index contributed by atoms with van der Waals surface area (Å²) >= 11 is 6.28. The summed E-state index contributed by atoms with van der Waals surface area (Å²) in [4.78, 5) is 4.43. The average molecular weight is 283 g/mol. The van der Waals surface area contributed by atoms with Crippen LogP contribution in [0, 0.1) is 0 Å². The van der Waals surface area contributed by atoms with Crippen LogP contribution in [0.5, 0.6) is 0 Å². The number of pyridine rings is 1. The number of hydrogen-bond donors (Lipinski definition) is 3. The SMILES string of the molecule is OC[C@@H](O)CCc1cnc(C2=CCNCC2)c(Cl)c1. The van der Waals surface area contributed by atoms with Crippen molar-refractivity contribution in [1.29, 1.82) is 0 Å². The smallest absolute Gasteiger partial charge is 0.0845 e. The number of nitrogens with one attached hydrogen (secondary N) is 1. The highest BCUT2D eigenvalue weighted by Crippen LogP contribution is 2.26. The van der Waals surface area contributed by atoms with Crippen molar-refractivity contribution in [2.75, 3.05) is 19.7 Å². The second-order valence-corrected chi connectivity index (χ2v) is 5.14. The Kier molecular flexibility index (Phi) is 5.34. The summed E-state index contributed by atoms with van der Waals surface area (Å²) < 4.78 is 0. The molecular formula is C14H19ClN2O2. The lowest BCUT2D eigenvalue weighted by Gasteiger charge is -2.15. The highest BCUT2D eigenvalue weighted by Gasteiger charge is 2.12. The lowest BCUT2D eigenvalue weighted by molar-refractivity contribution is 0.0885. The predicted molar refractivity (Wildman–Crippen MR) is 76.1 cm³/mol. The molecule has 0 saturated carbocycles. The van der Waals surface area contributed by atoms with Gasteiger partial charge in [-0.25, -0.2) is 0 Å². The number of hydrogen-bond acceptors (Lipinski definition) is 4. The third-order valence-corrected chi connectivity index (χ3v) is 3.53. The minimum atomic E-state index is -0.675. The maximum absolute atomic E-state index is 9.33. The van der Waals surface area contributed by atoms with E-state index in [4.69, 9.17) is 16.7 Å². The van der Waals surface area contributed by atoms with Crippen molar-refractivity contribution >= 4 is 17.2 Å². The van der Waals surface area contributed by atoms with Gasteiger partial charge in [0.2, 0.25) is 0 Å². The van der Waals surface area contributed by atoms with Gasteiger partial charge in [-0.2, -0.15) is 0 Å². The first kappa shape index (κ1) is 14.5. The lowest BCUT2D eigenvalue weighted by atomic mass is 10.0. The number of nitrogens with zero attached hydrogens (tertiary/aromatic N) is 1. The Hall–Kier alpha value is -0.940. The molecule has 1 aliphatic rings. The molecule has 0 spiro atoms. The molecule has 3 N–H and O–H groups in total. The average Bonchev–Trinajstić information content (AvgIpc) is 2.45. The van der Waals surface area contributed by atoms with Crippen LogP contribution in [0.3, 0.4) is 0 Å². The molecular weight excluding hydrogens is 264 g/mol. The zero-order valence-corrected chi connectivity index (χ0v) is 11.5. The number of aliphatic hydroxyl groups excluding tert-OH is 2. The summed E-state index contributed by atoms with van der Waals surface area (Å²) in [5.41, 5.74) is 3.02. The predicted octanol–water partition coefficient (Wildman–Crippen LogP) is 1.40. The maximum Gasteiger partial charge on any atom is 0.0845 e. The molecule has 0 saturated heterocycles. The molecule has 4 nitrogen and oxygen atoms in total. The third kappa shape index (κ3) is 4.01. The molecule has 0 fully saturated rings. The molecule has 2 rings (SSSR count). The van der Waals surface area contributed by atoms with Crippen LogP contribution < -0.4 is 5.32 Å². The van der Waals surface area contributed by atoms with Crippen molar-refractivity contribution in [2.24, 2.45) is 0 Å². The normalized spacial score (nSPS) is 17.1. The van der Waals surface area contributed by atoms with E-state index >= 15 is 0 Å². The van der Waals surface area contributed by atoms with Crippen molar-refractivity contribution in [1.82, 2.24) is 10.3 Å². The van der Waals surface area contributed by atoms with Crippen LogP contribution in [0.15, 0.2) is 18.3 Å². The molecule has 5 heteroatoms. The van der Waals surface area contributed by atoms with Crippen LogP contribution in [-0.4, -0.2) is 41.0 Å². The fourth-order valence-corrected chi connectivity index (χ4v) is 2.42. The summed E-state index contributed by atoms with van der Waals surface area (Å²) in [6, 6.07) is 1.90. The van der Waals surface area contributed by atoms with Crippen LogP contribution in [0.2, 0.25) is 5.02 Å². The molecule has 0 aromatic carbocycles. The minimum absolute atomic E-state index is 0.209. The number of aryl methyl sites for hydroxylation is 1. The Bertz CT molecular complexity index is 463. The van der Waals surface area contributed by atoms with Gasteiger partial charge in [0.25, 0.3) is 0 Å². The first-order valence-electron chi connectivity index (χ1n) is 6.54. The highest BCUT2D eigenvalue weighted by atomic mass is 35.5. The molecule has 1 aliphatic heterocycles. The van der Waals surface area contributed by atoms with Crippen molar-refractivity contribution in [2.45, 2.75) is 25.4 Å². The molecule has 1 atom stereocenters. The molecule has 1 aromatic rings. The molecule has 0 radical (unpaired) electrons. The van der Waals surface area contributed by atoms with E-state index in [1.165, 1.54) is 5.57 Å². The highest BCUT2D eigenvalue weighted by molar-refractivity contribution is 6.32. The van der Waals surface area contributed by atoms with Gasteiger partial charge in [-0.3, -0.25) is 4.98 Å². The zero-order chi connectivity index (χ0) is 13.7. The van der Waals surface area contributed by atoms with Crippen LogP contribution in [0.4, 0.5) is 0 Å². The Morgan fingerprint density at radius 1 is 1.47 bits per heavy atom. The summed E-state index contributed by atoms with van der Waals surface area (Å²) in [6.07, 6.45) is 5.36. The van der Waals surface area contributed by atoms with Gasteiger partial charge in [0.15, 0.2) is 0 Å². The van der Waals surface area contributed by atoms with Crippen LogP contribution in [-0.2, 0) is 6.42 Å². The molecule has 0 aliphatic carbocycles. The molecule has 0 bridgehead atoms. The number of halogens is 1. The summed E-state index contributed by atoms with van der Waals surface area (Å²) in [5.74, 6) is 0. The summed E-state index contributed by atoms with van der Waals surface area (Å²) in [6.45, 7) is 1.60. The Morgan fingerprint density at radius 3 is 2.95 bits per heavy atom. The van der Waals surface area contributed by atoms with E-state index < -0.39 is 6.10 Å². The van der Waals surface area contributed by atoms with E-state index in [1.807, 2.05) is 6.07 Å². The first-order valence-corrected chi connectivity index (χ1v) is 6.92. The largest absolute Gasteiger partial charge is 0.394 e. The quantitative estimate of drug-likeness (QED) is 0.764. The van der Waals surface area contributed by atoms with Crippen LogP contribution in [0.25, 0.3) is 5.57 Å². The van der Waals surface area contributed by atoms with Gasteiger partial charge in [-0.15, -0.1) is 0 Å². The molecule has 19 heavy (non-hydrogen) atoms. The minimum Gasteiger partial charge on any atom is -0.394 e. The molecule has 1 aromatic heterocycles. The van der Waals surface area contributed by atoms with E-state index in [-0.39, 0.29) is 6.61 Å². The lowest BCUT2D eigenvalue weighted by Crippen LogP contribution is -2.20. The number of aliphatic hydroxyl groups is 2. The molecule has 0 amide bonds. The van der Waals surface area contributed by atoms with Gasteiger partial charge < -0.3 is 15.5 Å². The van der Waals surface area contributed by atoms with Gasteiger partial charge in [-0.05, 0) is 43.0 Å². The second-order valence-electron chi connectivity index (χ2n) is 4.73. The molecule has 2 heterocycles. The van der Waals surface area contributed by atoms with Gasteiger partial charge in [0.05, 0.1) is 23.4 Å². The molecule has 0 unspecified atom stereocenters. The monoisotopic (exact) mass is 282 g/mol. The fourth-order valence-electron chi connectivity index (χ4n) is 2.11. The Morgan fingerprint density at radius 2 is 2.32 bits per heavy atom. The van der Waals surface area contributed by atoms with Gasteiger partial charge in [0.1, 0.15) is 0 Å². The van der Waals surface area contributed by atoms with Crippen LogP contribution in [0.1, 0.15) is 24.1 Å². The Balaban J connectivity index is 2.06. The molecule has 104 valence electrons. The van der Waals surface area contributed by atoms with Crippen molar-refractivity contribution in [3.63, 3.8) is 0 Å². The van der Waals surface area contributed by atoms with E-state index in [0.29, 0.717) is 17.9 Å². The standard InChI is InChI=1S/C14H19ClN2O2/c15-13-7-10(1-2-12(19)9-18)8-17-14(13)11-3-5-16-6-4-11/h3,7-8,12,16,18-19H,1-2,4-6,9H2/t12-/m0/s1. The fraction of sp³-hybridized carbons (Fsp3) is 0.500. The number of aromatic nitrogens is 1. The number of rotatable bonds is 5. The van der Waals surface area contributed by atoms with E-state index in [0.717, 1.165) is 30.8 Å². The van der Waals surface area contributed by atoms with E-state index in [9.17, 15) is 5.11 Å². The topological polar surface area (TPSA) is 65.4 Å².